The van der Waals surface area contributed by atoms with Crippen molar-refractivity contribution in [2.24, 2.45) is 0 Å². The van der Waals surface area contributed by atoms with Crippen LogP contribution in [0.25, 0.3) is 0 Å². The van der Waals surface area contributed by atoms with Crippen molar-refractivity contribution in [3.05, 3.63) is 109 Å². The highest BCUT2D eigenvalue weighted by Gasteiger charge is 2.13. The maximum Gasteiger partial charge on any atom is 0.306 e. The van der Waals surface area contributed by atoms with E-state index >= 15 is 0 Å². The molecule has 0 aliphatic rings. The second kappa shape index (κ2) is 53.2. The summed E-state index contributed by atoms with van der Waals surface area (Å²) in [6.45, 7) is 5.10. The van der Waals surface area contributed by atoms with Gasteiger partial charge >= 0.3 is 5.97 Å². The number of hydrogen-bond donors (Lipinski definition) is 1. The minimum atomic E-state index is -0.548. The number of unbranched alkanes of at least 4 members (excludes halogenated alkanes) is 20. The molecule has 0 amide bonds. The lowest BCUT2D eigenvalue weighted by atomic mass is 10.0. The van der Waals surface area contributed by atoms with Gasteiger partial charge in [-0.15, -0.1) is 0 Å². The molecule has 4 heteroatoms. The summed E-state index contributed by atoms with van der Waals surface area (Å²) in [6.07, 6.45) is 77.5. The largest absolute Gasteiger partial charge is 0.457 e. The lowest BCUT2D eigenvalue weighted by Gasteiger charge is -2.16. The quantitative estimate of drug-likeness (QED) is 0.0377. The Morgan fingerprint density at radius 2 is 0.689 bits per heavy atom. The van der Waals surface area contributed by atoms with E-state index in [9.17, 15) is 9.90 Å². The molecular weight excluding hydrogens is 749 g/mol. The molecule has 0 aliphatic carbocycles. The number of esters is 1. The van der Waals surface area contributed by atoms with Gasteiger partial charge in [0.1, 0.15) is 6.10 Å². The van der Waals surface area contributed by atoms with Gasteiger partial charge in [0.15, 0.2) is 0 Å². The topological polar surface area (TPSA) is 55.8 Å². The minimum Gasteiger partial charge on any atom is -0.457 e. The van der Waals surface area contributed by atoms with Crippen LogP contribution >= 0.6 is 0 Å². The molecule has 0 rings (SSSR count). The highest BCUT2D eigenvalue weighted by Crippen LogP contribution is 2.14. The van der Waals surface area contributed by atoms with Crippen LogP contribution in [-0.2, 0) is 14.3 Å². The van der Waals surface area contributed by atoms with Gasteiger partial charge in [0.25, 0.3) is 0 Å². The SMILES string of the molecule is CC/C=C\C/C=C\C/C=C\C/C=C\C/C=C\CCCCCCCCCCCCOCC(CO)OC(=O)CCCCCCCCCCCC/C=C\C/C=C\C/C=C\C/C=C\CC. The average molecular weight is 845 g/mol. The number of aliphatic hydroxyl groups is 1. The van der Waals surface area contributed by atoms with Crippen LogP contribution in [-0.4, -0.2) is 37.0 Å². The van der Waals surface area contributed by atoms with Gasteiger partial charge in [0.2, 0.25) is 0 Å². The summed E-state index contributed by atoms with van der Waals surface area (Å²) < 4.78 is 11.2. The Morgan fingerprint density at radius 1 is 0.393 bits per heavy atom. The fourth-order valence-electron chi connectivity index (χ4n) is 6.88. The third-order valence-corrected chi connectivity index (χ3v) is 10.6. The van der Waals surface area contributed by atoms with E-state index in [1.165, 1.54) is 122 Å². The van der Waals surface area contributed by atoms with Crippen molar-refractivity contribution in [3.63, 3.8) is 0 Å². The van der Waals surface area contributed by atoms with Gasteiger partial charge in [-0.2, -0.15) is 0 Å². The molecular formula is C57H96O4. The molecule has 0 saturated carbocycles. The van der Waals surface area contributed by atoms with Gasteiger partial charge in [-0.05, 0) is 96.3 Å². The number of carbonyl (C=O) groups is 1. The summed E-state index contributed by atoms with van der Waals surface area (Å²) in [7, 11) is 0. The predicted molar refractivity (Wildman–Crippen MR) is 269 cm³/mol. The molecule has 0 fully saturated rings. The zero-order valence-corrected chi connectivity index (χ0v) is 39.9. The Labute approximate surface area is 378 Å². The molecule has 1 N–H and O–H groups in total. The minimum absolute atomic E-state index is 0.181. The fraction of sp³-hybridized carbons (Fsp3) is 0.667. The Hall–Kier alpha value is -2.95. The van der Waals surface area contributed by atoms with E-state index in [1.807, 2.05) is 0 Å². The molecule has 4 nitrogen and oxygen atoms in total. The van der Waals surface area contributed by atoms with Crippen molar-refractivity contribution in [2.75, 3.05) is 19.8 Å². The van der Waals surface area contributed by atoms with Crippen LogP contribution in [0.3, 0.4) is 0 Å². The number of aliphatic hydroxyl groups excluding tert-OH is 1. The standard InChI is InChI=1S/C57H96O4/c1-3-5-7-9-11-13-15-17-19-21-23-25-27-28-29-31-33-35-37-39-41-43-45-47-49-51-53-60-55-56(54-58)61-57(59)52-50-48-46-44-42-40-38-36-34-32-30-26-24-22-20-18-16-14-12-10-8-6-4-2/h5-8,11-14,17-20,23-26,28-29,56,58H,3-4,9-10,15-16,21-22,27,30-55H2,1-2H3/b7-5-,8-6-,13-11-,14-12-,19-17-,20-18-,25-23-,26-24-,29-28-. The van der Waals surface area contributed by atoms with Gasteiger partial charge < -0.3 is 14.6 Å². The number of hydrogen-bond acceptors (Lipinski definition) is 4. The zero-order valence-electron chi connectivity index (χ0n) is 39.9. The van der Waals surface area contributed by atoms with Gasteiger partial charge in [-0.1, -0.05) is 226 Å². The molecule has 0 aromatic heterocycles. The van der Waals surface area contributed by atoms with E-state index in [2.05, 4.69) is 123 Å². The summed E-state index contributed by atoms with van der Waals surface area (Å²) in [4.78, 5) is 12.3. The molecule has 0 radical (unpaired) electrons. The summed E-state index contributed by atoms with van der Waals surface area (Å²) in [5, 5.41) is 9.66. The second-order valence-corrected chi connectivity index (χ2v) is 16.5. The van der Waals surface area contributed by atoms with Crippen molar-refractivity contribution in [2.45, 2.75) is 225 Å². The fourth-order valence-corrected chi connectivity index (χ4v) is 6.88. The van der Waals surface area contributed by atoms with E-state index in [1.54, 1.807) is 0 Å². The van der Waals surface area contributed by atoms with Gasteiger partial charge in [-0.25, -0.2) is 0 Å². The molecule has 348 valence electrons. The first-order valence-corrected chi connectivity index (χ1v) is 25.5. The number of ether oxygens (including phenoxy) is 2. The van der Waals surface area contributed by atoms with Crippen LogP contribution in [0.15, 0.2) is 109 Å². The van der Waals surface area contributed by atoms with E-state index in [-0.39, 0.29) is 19.2 Å². The third kappa shape index (κ3) is 51.3. The van der Waals surface area contributed by atoms with E-state index in [0.29, 0.717) is 13.0 Å². The molecule has 0 aliphatic heterocycles. The molecule has 61 heavy (non-hydrogen) atoms. The first-order valence-electron chi connectivity index (χ1n) is 25.5. The molecule has 0 heterocycles. The van der Waals surface area contributed by atoms with Crippen molar-refractivity contribution < 1.29 is 19.4 Å². The lowest BCUT2D eigenvalue weighted by Crippen LogP contribution is -2.27. The lowest BCUT2D eigenvalue weighted by molar-refractivity contribution is -0.154. The van der Waals surface area contributed by atoms with Crippen LogP contribution < -0.4 is 0 Å². The van der Waals surface area contributed by atoms with Crippen LogP contribution in [0, 0.1) is 0 Å². The highest BCUT2D eigenvalue weighted by molar-refractivity contribution is 5.69. The molecule has 0 saturated heterocycles. The molecule has 0 aromatic rings. The van der Waals surface area contributed by atoms with E-state index in [4.69, 9.17) is 9.47 Å². The van der Waals surface area contributed by atoms with Crippen molar-refractivity contribution in [1.82, 2.24) is 0 Å². The summed E-state index contributed by atoms with van der Waals surface area (Å²) >= 11 is 0. The van der Waals surface area contributed by atoms with E-state index < -0.39 is 6.10 Å². The predicted octanol–water partition coefficient (Wildman–Crippen LogP) is 17.4. The van der Waals surface area contributed by atoms with Crippen LogP contribution in [0.5, 0.6) is 0 Å². The van der Waals surface area contributed by atoms with Crippen LogP contribution in [0.1, 0.15) is 219 Å². The molecule has 0 bridgehead atoms. The Kier molecular flexibility index (Phi) is 50.6. The zero-order chi connectivity index (χ0) is 44.0. The van der Waals surface area contributed by atoms with Crippen molar-refractivity contribution in [1.29, 1.82) is 0 Å². The Morgan fingerprint density at radius 3 is 1.03 bits per heavy atom. The smallest absolute Gasteiger partial charge is 0.306 e. The highest BCUT2D eigenvalue weighted by atomic mass is 16.6. The third-order valence-electron chi connectivity index (χ3n) is 10.6. The number of carbonyl (C=O) groups excluding carboxylic acids is 1. The van der Waals surface area contributed by atoms with E-state index in [0.717, 1.165) is 77.0 Å². The first-order chi connectivity index (χ1) is 30.2. The number of allylic oxidation sites excluding steroid dienone is 18. The maximum absolute atomic E-state index is 12.3. The van der Waals surface area contributed by atoms with Crippen LogP contribution in [0.2, 0.25) is 0 Å². The second-order valence-electron chi connectivity index (χ2n) is 16.5. The molecule has 1 unspecified atom stereocenters. The van der Waals surface area contributed by atoms with Crippen molar-refractivity contribution >= 4 is 5.97 Å². The van der Waals surface area contributed by atoms with Crippen molar-refractivity contribution in [3.8, 4) is 0 Å². The average Bonchev–Trinajstić information content (AvgIpc) is 3.27. The Balaban J connectivity index is 3.47. The molecule has 0 spiro atoms. The normalized spacial score (nSPS) is 13.3. The number of rotatable bonds is 46. The maximum atomic E-state index is 12.3. The molecule has 0 aromatic carbocycles. The monoisotopic (exact) mass is 845 g/mol. The summed E-state index contributed by atoms with van der Waals surface area (Å²) in [5.41, 5.74) is 0. The summed E-state index contributed by atoms with van der Waals surface area (Å²) in [6, 6.07) is 0. The molecule has 1 atom stereocenters. The first kappa shape index (κ1) is 58.0. The summed E-state index contributed by atoms with van der Waals surface area (Å²) in [5.74, 6) is -0.210. The van der Waals surface area contributed by atoms with Gasteiger partial charge in [-0.3, -0.25) is 4.79 Å². The van der Waals surface area contributed by atoms with Gasteiger partial charge in [0, 0.05) is 13.0 Å². The van der Waals surface area contributed by atoms with Crippen LogP contribution in [0.4, 0.5) is 0 Å². The van der Waals surface area contributed by atoms with Gasteiger partial charge in [0.05, 0.1) is 13.2 Å². The Bertz CT molecular complexity index is 1170.